The minimum atomic E-state index is 0. The Hall–Kier alpha value is 1.79. The van der Waals surface area contributed by atoms with Gasteiger partial charge in [-0.2, -0.15) is 0 Å². The molecule has 0 saturated carbocycles. The average molecular weight is 178 g/mol. The molecule has 0 spiro atoms. The summed E-state index contributed by atoms with van der Waals surface area (Å²) in [7, 11) is 0. The maximum atomic E-state index is 0. The molecule has 4 heavy (non-hydrogen) atoms. The molecule has 0 fully saturated rings. The number of hydrogen-bond acceptors (Lipinski definition) is 0. The van der Waals surface area contributed by atoms with E-state index in [1.54, 1.807) is 0 Å². The summed E-state index contributed by atoms with van der Waals surface area (Å²) < 4.78 is 0. The van der Waals surface area contributed by atoms with Gasteiger partial charge in [0.25, 0.3) is 0 Å². The third kappa shape index (κ3) is 9.21. The molecule has 0 aliphatic heterocycles. The molecule has 0 aromatic heterocycles. The van der Waals surface area contributed by atoms with Crippen LogP contribution in [0, 0.1) is 0 Å². The van der Waals surface area contributed by atoms with E-state index in [1.807, 2.05) is 0 Å². The van der Waals surface area contributed by atoms with Gasteiger partial charge in [0, 0.05) is 34.1 Å². The van der Waals surface area contributed by atoms with Gasteiger partial charge in [-0.3, -0.25) is 0 Å². The van der Waals surface area contributed by atoms with E-state index in [2.05, 4.69) is 0 Å². The van der Waals surface area contributed by atoms with Crippen molar-refractivity contribution in [2.45, 2.75) is 0 Å². The van der Waals surface area contributed by atoms with Gasteiger partial charge in [0.15, 0.2) is 0 Å². The summed E-state index contributed by atoms with van der Waals surface area (Å²) in [5.74, 6) is 0. The Bertz CT molecular complexity index is 8.00. The normalized spacial score (nSPS) is 0. The van der Waals surface area contributed by atoms with Gasteiger partial charge < -0.3 is 0 Å². The molecule has 0 unspecified atom stereocenters. The Kier molecular flexibility index (Phi) is 223. The van der Waals surface area contributed by atoms with Gasteiger partial charge in [0.05, 0.1) is 17.4 Å². The first-order valence-electron chi connectivity index (χ1n) is 0. The van der Waals surface area contributed by atoms with Crippen molar-refractivity contribution >= 4 is 28.3 Å². The molecule has 0 aromatic rings. The molecule has 0 aliphatic carbocycles. The second-order valence-corrected chi connectivity index (χ2v) is 0. The largest absolute Gasteiger partial charge is 0.0854 e. The van der Waals surface area contributed by atoms with Crippen LogP contribution in [0.3, 0.4) is 0 Å². The molecule has 4 heteroatoms. The molecular weight excluding hydrogens is 174 g/mol. The standard InChI is InChI=1S/Al.Cu.Mn.H3Si.H/h;;;1H3;. The fourth-order valence-electron chi connectivity index (χ4n) is 0. The second kappa shape index (κ2) is 21.5. The van der Waals surface area contributed by atoms with E-state index in [-0.39, 0.29) is 62.5 Å². The predicted molar refractivity (Wildman–Crippen MR) is 17.1 cm³/mol. The van der Waals surface area contributed by atoms with Gasteiger partial charge in [-0.15, -0.1) is 0 Å². The SMILES string of the molecule is [AlH].[Cu].[Mn].[SiH3]. The van der Waals surface area contributed by atoms with E-state index in [0.717, 1.165) is 0 Å². The summed E-state index contributed by atoms with van der Waals surface area (Å²) in [5, 5.41) is 0. The first kappa shape index (κ1) is 41.5. The zero-order chi connectivity index (χ0) is 0. The van der Waals surface area contributed by atoms with Gasteiger partial charge >= 0.3 is 0 Å². The Balaban J connectivity index is 0. The molecule has 0 N–H and O–H groups in total. The molecular formula is H4AlCuMnSi. The zero-order valence-electron chi connectivity index (χ0n) is 2.39. The van der Waals surface area contributed by atoms with Gasteiger partial charge in [-0.05, 0) is 11.0 Å². The summed E-state index contributed by atoms with van der Waals surface area (Å²) in [4.78, 5) is 0. The van der Waals surface area contributed by atoms with Crippen molar-refractivity contribution in [3.63, 3.8) is 0 Å². The first-order valence-corrected chi connectivity index (χ1v) is 0. The minimum Gasteiger partial charge on any atom is -0.0125 e. The minimum absolute atomic E-state index is 0. The van der Waals surface area contributed by atoms with Crippen LogP contribution in [-0.2, 0) is 34.1 Å². The van der Waals surface area contributed by atoms with Crippen LogP contribution in [0.25, 0.3) is 0 Å². The summed E-state index contributed by atoms with van der Waals surface area (Å²) >= 11 is 0. The Morgan fingerprint density at radius 3 is 1.00 bits per heavy atom. The topological polar surface area (TPSA) is 0 Å². The van der Waals surface area contributed by atoms with Crippen LogP contribution >= 0.6 is 0 Å². The summed E-state index contributed by atoms with van der Waals surface area (Å²) in [5.41, 5.74) is 0. The van der Waals surface area contributed by atoms with Crippen molar-refractivity contribution in [3.8, 4) is 0 Å². The molecule has 0 aliphatic rings. The van der Waals surface area contributed by atoms with E-state index in [9.17, 15) is 0 Å². The molecule has 0 bridgehead atoms. The molecule has 29 valence electrons. The number of hydrogen-bond donors (Lipinski definition) is 0. The Morgan fingerprint density at radius 2 is 1.00 bits per heavy atom. The van der Waals surface area contributed by atoms with Gasteiger partial charge in [0.1, 0.15) is 0 Å². The van der Waals surface area contributed by atoms with Gasteiger partial charge in [-0.1, -0.05) is 0 Å². The van der Waals surface area contributed by atoms with Crippen molar-refractivity contribution in [2.24, 2.45) is 0 Å². The van der Waals surface area contributed by atoms with E-state index in [1.165, 1.54) is 0 Å². The van der Waals surface area contributed by atoms with Crippen molar-refractivity contribution in [2.75, 3.05) is 0 Å². The fourth-order valence-corrected chi connectivity index (χ4v) is 0. The molecule has 0 atom stereocenters. The summed E-state index contributed by atoms with van der Waals surface area (Å²) in [6.45, 7) is 0. The Labute approximate surface area is 62.2 Å². The smallest absolute Gasteiger partial charge is 0.0125 e. The molecule has 0 saturated heterocycles. The molecule has 0 heterocycles. The van der Waals surface area contributed by atoms with Crippen LogP contribution in [0.2, 0.25) is 0 Å². The third-order valence-electron chi connectivity index (χ3n) is 0. The molecule has 0 aromatic carbocycles. The van der Waals surface area contributed by atoms with Crippen LogP contribution in [0.1, 0.15) is 0 Å². The fraction of sp³-hybridized carbons (Fsp3) is 0. The van der Waals surface area contributed by atoms with Crippen LogP contribution in [-0.4, -0.2) is 28.3 Å². The van der Waals surface area contributed by atoms with Crippen LogP contribution in [0.15, 0.2) is 0 Å². The molecule has 0 amide bonds. The van der Waals surface area contributed by atoms with Gasteiger partial charge in [0.2, 0.25) is 0 Å². The monoisotopic (exact) mass is 177 g/mol. The van der Waals surface area contributed by atoms with E-state index >= 15 is 0 Å². The number of rotatable bonds is 0. The van der Waals surface area contributed by atoms with E-state index in [0.29, 0.717) is 0 Å². The molecule has 0 nitrogen and oxygen atoms in total. The van der Waals surface area contributed by atoms with Crippen LogP contribution < -0.4 is 0 Å². The summed E-state index contributed by atoms with van der Waals surface area (Å²) in [6, 6.07) is 0. The van der Waals surface area contributed by atoms with Crippen molar-refractivity contribution in [1.82, 2.24) is 0 Å². The van der Waals surface area contributed by atoms with E-state index in [4.69, 9.17) is 0 Å². The maximum Gasteiger partial charge on any atom is 0.0854 e. The predicted octanol–water partition coefficient (Wildman–Crippen LogP) is -1.84. The molecule has 0 rings (SSSR count). The van der Waals surface area contributed by atoms with Crippen molar-refractivity contribution < 1.29 is 34.1 Å². The van der Waals surface area contributed by atoms with Crippen molar-refractivity contribution in [3.05, 3.63) is 0 Å². The molecule has 5 radical (unpaired) electrons. The Morgan fingerprint density at radius 1 is 1.00 bits per heavy atom. The van der Waals surface area contributed by atoms with E-state index < -0.39 is 0 Å². The maximum absolute atomic E-state index is 0. The summed E-state index contributed by atoms with van der Waals surface area (Å²) in [6.07, 6.45) is 0. The van der Waals surface area contributed by atoms with Crippen LogP contribution in [0.4, 0.5) is 0 Å². The quantitative estimate of drug-likeness (QED) is 0.382. The zero-order valence-corrected chi connectivity index (χ0v) is 7.92. The second-order valence-electron chi connectivity index (χ2n) is 0. The van der Waals surface area contributed by atoms with Gasteiger partial charge in [-0.25, -0.2) is 0 Å². The van der Waals surface area contributed by atoms with Crippen LogP contribution in [0.5, 0.6) is 0 Å². The average Bonchev–Trinajstić information content (AvgIpc) is 0. The first-order chi connectivity index (χ1) is 0. The third-order valence-corrected chi connectivity index (χ3v) is 0. The van der Waals surface area contributed by atoms with Crippen molar-refractivity contribution in [1.29, 1.82) is 0 Å².